The summed E-state index contributed by atoms with van der Waals surface area (Å²) in [6, 6.07) is 0. The van der Waals surface area contributed by atoms with Crippen LogP contribution in [0.25, 0.3) is 0 Å². The molecular formula is C15H31NO2. The molecule has 0 amide bonds. The number of ether oxygens (including phenoxy) is 1. The smallest absolute Gasteiger partial charge is 0.0811 e. The second-order valence-corrected chi connectivity index (χ2v) is 7.09. The predicted octanol–water partition coefficient (Wildman–Crippen LogP) is 2.71. The summed E-state index contributed by atoms with van der Waals surface area (Å²) in [7, 11) is 0. The third-order valence-corrected chi connectivity index (χ3v) is 4.61. The van der Waals surface area contributed by atoms with E-state index in [1.165, 1.54) is 12.8 Å². The second-order valence-electron chi connectivity index (χ2n) is 7.09. The molecule has 1 aliphatic rings. The summed E-state index contributed by atoms with van der Waals surface area (Å²) in [4.78, 5) is 0. The molecule has 0 bridgehead atoms. The third-order valence-electron chi connectivity index (χ3n) is 4.61. The molecule has 1 saturated carbocycles. The zero-order valence-electron chi connectivity index (χ0n) is 12.7. The van der Waals surface area contributed by atoms with E-state index in [1.807, 2.05) is 6.92 Å². The van der Waals surface area contributed by atoms with Crippen LogP contribution in [-0.2, 0) is 4.74 Å². The lowest BCUT2D eigenvalue weighted by atomic mass is 9.68. The molecule has 2 unspecified atom stereocenters. The highest BCUT2D eigenvalue weighted by atomic mass is 16.5. The maximum atomic E-state index is 9.58. The first kappa shape index (κ1) is 15.9. The van der Waals surface area contributed by atoms with E-state index < -0.39 is 6.10 Å². The second kappa shape index (κ2) is 5.89. The molecule has 3 nitrogen and oxygen atoms in total. The Bertz CT molecular complexity index is 250. The van der Waals surface area contributed by atoms with E-state index in [9.17, 15) is 5.11 Å². The van der Waals surface area contributed by atoms with Gasteiger partial charge in [-0.1, -0.05) is 20.8 Å². The van der Waals surface area contributed by atoms with Gasteiger partial charge >= 0.3 is 0 Å². The van der Waals surface area contributed by atoms with Crippen molar-refractivity contribution in [2.75, 3.05) is 6.54 Å². The van der Waals surface area contributed by atoms with Gasteiger partial charge in [0.1, 0.15) is 0 Å². The number of rotatable bonds is 4. The number of aliphatic hydroxyl groups excluding tert-OH is 1. The molecule has 0 heterocycles. The zero-order valence-corrected chi connectivity index (χ0v) is 12.7. The summed E-state index contributed by atoms with van der Waals surface area (Å²) < 4.78 is 6.08. The molecule has 0 radical (unpaired) electrons. The van der Waals surface area contributed by atoms with Crippen LogP contribution in [0.5, 0.6) is 0 Å². The number of hydrogen-bond acceptors (Lipinski definition) is 3. The van der Waals surface area contributed by atoms with E-state index in [0.29, 0.717) is 12.0 Å². The van der Waals surface area contributed by atoms with E-state index in [1.54, 1.807) is 6.92 Å². The molecule has 1 aliphatic carbocycles. The lowest BCUT2D eigenvalue weighted by Gasteiger charge is -2.44. The minimum absolute atomic E-state index is 0.139. The van der Waals surface area contributed by atoms with Crippen LogP contribution in [0.4, 0.5) is 0 Å². The van der Waals surface area contributed by atoms with Gasteiger partial charge in [-0.15, -0.1) is 0 Å². The largest absolute Gasteiger partial charge is 0.391 e. The first-order valence-corrected chi connectivity index (χ1v) is 7.26. The Morgan fingerprint density at radius 1 is 1.28 bits per heavy atom. The summed E-state index contributed by atoms with van der Waals surface area (Å²) >= 11 is 0. The molecule has 0 aliphatic heterocycles. The molecule has 0 aromatic heterocycles. The first-order chi connectivity index (χ1) is 8.20. The quantitative estimate of drug-likeness (QED) is 0.814. The first-order valence-electron chi connectivity index (χ1n) is 7.26. The SMILES string of the molecule is CC(O)C(C)OC1(CN)CCC(C(C)(C)C)CC1. The normalized spacial score (nSPS) is 33.2. The molecule has 3 N–H and O–H groups in total. The summed E-state index contributed by atoms with van der Waals surface area (Å²) in [6.45, 7) is 11.2. The fraction of sp³-hybridized carbons (Fsp3) is 1.00. The standard InChI is InChI=1S/C15H31NO2/c1-11(17)12(2)18-15(10-16)8-6-13(7-9-15)14(3,4)5/h11-13,17H,6-10,16H2,1-5H3. The Labute approximate surface area is 112 Å². The Morgan fingerprint density at radius 2 is 1.78 bits per heavy atom. The van der Waals surface area contributed by atoms with Gasteiger partial charge in [-0.3, -0.25) is 0 Å². The highest BCUT2D eigenvalue weighted by Crippen LogP contribution is 2.43. The van der Waals surface area contributed by atoms with Crippen molar-refractivity contribution in [2.24, 2.45) is 17.1 Å². The van der Waals surface area contributed by atoms with Crippen molar-refractivity contribution in [1.82, 2.24) is 0 Å². The Kier molecular flexibility index (Phi) is 5.22. The van der Waals surface area contributed by atoms with E-state index in [4.69, 9.17) is 10.5 Å². The molecule has 1 fully saturated rings. The summed E-state index contributed by atoms with van der Waals surface area (Å²) in [6.07, 6.45) is 3.80. The van der Waals surface area contributed by atoms with Crippen LogP contribution in [-0.4, -0.2) is 29.5 Å². The molecule has 0 aromatic carbocycles. The monoisotopic (exact) mass is 257 g/mol. The van der Waals surface area contributed by atoms with Gasteiger partial charge in [0.15, 0.2) is 0 Å². The van der Waals surface area contributed by atoms with Gasteiger partial charge in [-0.2, -0.15) is 0 Å². The average molecular weight is 257 g/mol. The summed E-state index contributed by atoms with van der Waals surface area (Å²) in [5.41, 5.74) is 6.10. The highest BCUT2D eigenvalue weighted by Gasteiger charge is 2.40. The van der Waals surface area contributed by atoms with Gasteiger partial charge < -0.3 is 15.6 Å². The Hall–Kier alpha value is -0.120. The highest BCUT2D eigenvalue weighted by molar-refractivity contribution is 4.92. The minimum Gasteiger partial charge on any atom is -0.391 e. The van der Waals surface area contributed by atoms with Crippen molar-refractivity contribution in [3.05, 3.63) is 0 Å². The number of aliphatic hydroxyl groups is 1. The number of hydrogen-bond donors (Lipinski definition) is 2. The minimum atomic E-state index is -0.436. The zero-order chi connectivity index (χ0) is 14.0. The van der Waals surface area contributed by atoms with Crippen molar-refractivity contribution in [1.29, 1.82) is 0 Å². The van der Waals surface area contributed by atoms with Crippen LogP contribution < -0.4 is 5.73 Å². The van der Waals surface area contributed by atoms with Gasteiger partial charge in [-0.25, -0.2) is 0 Å². The van der Waals surface area contributed by atoms with Crippen LogP contribution in [0.1, 0.15) is 60.3 Å². The fourth-order valence-corrected chi connectivity index (χ4v) is 2.87. The van der Waals surface area contributed by atoms with Crippen molar-refractivity contribution < 1.29 is 9.84 Å². The van der Waals surface area contributed by atoms with Crippen molar-refractivity contribution in [2.45, 2.75) is 78.1 Å². The molecule has 0 saturated heterocycles. The van der Waals surface area contributed by atoms with E-state index in [2.05, 4.69) is 20.8 Å². The topological polar surface area (TPSA) is 55.5 Å². The maximum absolute atomic E-state index is 9.58. The summed E-state index contributed by atoms with van der Waals surface area (Å²) in [5.74, 6) is 0.752. The molecule has 108 valence electrons. The van der Waals surface area contributed by atoms with Crippen LogP contribution in [0, 0.1) is 11.3 Å². The van der Waals surface area contributed by atoms with Gasteiger partial charge in [-0.05, 0) is 50.9 Å². The molecular weight excluding hydrogens is 226 g/mol. The molecule has 18 heavy (non-hydrogen) atoms. The third kappa shape index (κ3) is 3.94. The van der Waals surface area contributed by atoms with Gasteiger partial charge in [0.25, 0.3) is 0 Å². The number of nitrogens with two attached hydrogens (primary N) is 1. The van der Waals surface area contributed by atoms with Crippen LogP contribution in [0.2, 0.25) is 0 Å². The Balaban J connectivity index is 2.60. The molecule has 1 rings (SSSR count). The summed E-state index contributed by atoms with van der Waals surface area (Å²) in [5, 5.41) is 9.58. The molecule has 0 spiro atoms. The van der Waals surface area contributed by atoms with Crippen LogP contribution >= 0.6 is 0 Å². The molecule has 2 atom stereocenters. The van der Waals surface area contributed by atoms with Crippen molar-refractivity contribution in [3.63, 3.8) is 0 Å². The van der Waals surface area contributed by atoms with Gasteiger partial charge in [0.2, 0.25) is 0 Å². The maximum Gasteiger partial charge on any atom is 0.0811 e. The Morgan fingerprint density at radius 3 is 2.11 bits per heavy atom. The van der Waals surface area contributed by atoms with E-state index in [-0.39, 0.29) is 11.7 Å². The molecule has 3 heteroatoms. The van der Waals surface area contributed by atoms with Crippen LogP contribution in [0.3, 0.4) is 0 Å². The molecule has 0 aromatic rings. The van der Waals surface area contributed by atoms with Gasteiger partial charge in [0.05, 0.1) is 17.8 Å². The lowest BCUT2D eigenvalue weighted by molar-refractivity contribution is -0.142. The van der Waals surface area contributed by atoms with E-state index in [0.717, 1.165) is 18.8 Å². The lowest BCUT2D eigenvalue weighted by Crippen LogP contribution is -2.48. The van der Waals surface area contributed by atoms with Crippen molar-refractivity contribution in [3.8, 4) is 0 Å². The van der Waals surface area contributed by atoms with Gasteiger partial charge in [0, 0.05) is 6.54 Å². The fourth-order valence-electron chi connectivity index (χ4n) is 2.87. The predicted molar refractivity (Wildman–Crippen MR) is 75.4 cm³/mol. The van der Waals surface area contributed by atoms with E-state index >= 15 is 0 Å². The van der Waals surface area contributed by atoms with Crippen LogP contribution in [0.15, 0.2) is 0 Å². The van der Waals surface area contributed by atoms with Crippen molar-refractivity contribution >= 4 is 0 Å². The average Bonchev–Trinajstić information content (AvgIpc) is 2.28.